The van der Waals surface area contributed by atoms with Crippen molar-refractivity contribution in [2.24, 2.45) is 0 Å². The number of nitrogens with zero attached hydrogens (tertiary/aromatic N) is 1. The third-order valence-corrected chi connectivity index (χ3v) is 2.54. The van der Waals surface area contributed by atoms with Crippen molar-refractivity contribution >= 4 is 5.97 Å². The Morgan fingerprint density at radius 2 is 2.57 bits per heavy atom. The molecule has 2 fully saturated rings. The van der Waals surface area contributed by atoms with Gasteiger partial charge in [0.2, 0.25) is 0 Å². The van der Waals surface area contributed by atoms with Gasteiger partial charge >= 0.3 is 5.97 Å². The highest BCUT2D eigenvalue weighted by atomic mass is 16.6. The average Bonchev–Trinajstić information content (AvgIpc) is 2.84. The Kier molecular flexibility index (Phi) is 2.26. The number of ether oxygens (including phenoxy) is 2. The number of carbonyl (C=O) groups excluding carboxylic acids is 1. The van der Waals surface area contributed by atoms with Crippen molar-refractivity contribution in [3.8, 4) is 6.07 Å². The lowest BCUT2D eigenvalue weighted by Crippen LogP contribution is -2.10. The van der Waals surface area contributed by atoms with Crippen molar-refractivity contribution in [3.05, 3.63) is 11.1 Å². The fraction of sp³-hybridized carbons (Fsp3) is 0.600. The van der Waals surface area contributed by atoms with Crippen LogP contribution in [0.5, 0.6) is 0 Å². The van der Waals surface area contributed by atoms with Crippen LogP contribution in [0.2, 0.25) is 0 Å². The van der Waals surface area contributed by atoms with Crippen LogP contribution in [0, 0.1) is 11.3 Å². The maximum absolute atomic E-state index is 11.4. The molecule has 1 aliphatic heterocycles. The quantitative estimate of drug-likeness (QED) is 0.283. The molecule has 1 aliphatic carbocycles. The number of carbonyl (C=O) groups is 1. The zero-order valence-corrected chi connectivity index (χ0v) is 7.95. The summed E-state index contributed by atoms with van der Waals surface area (Å²) in [7, 11) is 0. The van der Waals surface area contributed by atoms with Gasteiger partial charge in [-0.05, 0) is 25.3 Å². The van der Waals surface area contributed by atoms with E-state index in [4.69, 9.17) is 14.7 Å². The molecule has 1 heterocycles. The zero-order valence-electron chi connectivity index (χ0n) is 7.95. The Morgan fingerprint density at radius 3 is 3.00 bits per heavy atom. The smallest absolute Gasteiger partial charge is 0.348 e. The molecule has 1 saturated heterocycles. The van der Waals surface area contributed by atoms with Gasteiger partial charge in [0.1, 0.15) is 17.7 Å². The molecule has 14 heavy (non-hydrogen) atoms. The van der Waals surface area contributed by atoms with E-state index in [0.29, 0.717) is 6.61 Å². The summed E-state index contributed by atoms with van der Waals surface area (Å²) in [5.41, 5.74) is 0.979. The monoisotopic (exact) mass is 193 g/mol. The van der Waals surface area contributed by atoms with Crippen molar-refractivity contribution in [1.82, 2.24) is 0 Å². The average molecular weight is 193 g/mol. The Morgan fingerprint density at radius 1 is 1.79 bits per heavy atom. The van der Waals surface area contributed by atoms with Crippen LogP contribution in [-0.2, 0) is 14.3 Å². The minimum Gasteiger partial charge on any atom is -0.462 e. The molecule has 0 radical (unpaired) electrons. The third-order valence-electron chi connectivity index (χ3n) is 2.54. The largest absolute Gasteiger partial charge is 0.462 e. The fourth-order valence-electron chi connectivity index (χ4n) is 1.83. The van der Waals surface area contributed by atoms with E-state index in [0.717, 1.165) is 18.4 Å². The Labute approximate surface area is 82.1 Å². The molecule has 4 heteroatoms. The van der Waals surface area contributed by atoms with E-state index in [1.54, 1.807) is 6.92 Å². The first-order valence-corrected chi connectivity index (χ1v) is 4.73. The molecule has 2 rings (SSSR count). The molecule has 0 N–H and O–H groups in total. The van der Waals surface area contributed by atoms with Crippen LogP contribution < -0.4 is 0 Å². The Balaban J connectivity index is 2.20. The van der Waals surface area contributed by atoms with E-state index in [-0.39, 0.29) is 17.8 Å². The molecule has 74 valence electrons. The van der Waals surface area contributed by atoms with Gasteiger partial charge in [0.25, 0.3) is 0 Å². The Bertz CT molecular complexity index is 340. The van der Waals surface area contributed by atoms with E-state index >= 15 is 0 Å². The number of hydrogen-bond donors (Lipinski definition) is 0. The normalized spacial score (nSPS) is 31.7. The second-order valence-electron chi connectivity index (χ2n) is 3.37. The molecule has 0 aromatic carbocycles. The first-order valence-electron chi connectivity index (χ1n) is 4.73. The molecule has 2 atom stereocenters. The van der Waals surface area contributed by atoms with E-state index in [9.17, 15) is 4.79 Å². The van der Waals surface area contributed by atoms with Crippen molar-refractivity contribution in [1.29, 1.82) is 5.26 Å². The summed E-state index contributed by atoms with van der Waals surface area (Å²) in [6.07, 6.45) is 1.98. The van der Waals surface area contributed by atoms with Crippen LogP contribution in [0.15, 0.2) is 11.1 Å². The predicted octanol–water partition coefficient (Wildman–Crippen LogP) is 0.931. The van der Waals surface area contributed by atoms with Crippen molar-refractivity contribution < 1.29 is 14.3 Å². The number of esters is 1. The summed E-state index contributed by atoms with van der Waals surface area (Å²) in [4.78, 5) is 11.4. The molecular formula is C10H11NO3. The second-order valence-corrected chi connectivity index (χ2v) is 3.37. The molecule has 4 nitrogen and oxygen atoms in total. The molecule has 2 aliphatic rings. The van der Waals surface area contributed by atoms with Crippen LogP contribution in [0.25, 0.3) is 0 Å². The summed E-state index contributed by atoms with van der Waals surface area (Å²) < 4.78 is 10.1. The lowest BCUT2D eigenvalue weighted by atomic mass is 10.1. The van der Waals surface area contributed by atoms with Crippen LogP contribution in [0.3, 0.4) is 0 Å². The van der Waals surface area contributed by atoms with Crippen LogP contribution in [0.4, 0.5) is 0 Å². The van der Waals surface area contributed by atoms with Gasteiger partial charge in [-0.1, -0.05) is 0 Å². The standard InChI is InChI=1S/C10H11NO3/c1-2-13-10(12)7(5-11)6-3-4-8-9(6)14-8/h8-9H,2-4H2,1H3. The first-order chi connectivity index (χ1) is 6.77. The SMILES string of the molecule is CCOC(=O)C(C#N)=C1CCC2OC12. The van der Waals surface area contributed by atoms with E-state index in [1.807, 2.05) is 6.07 Å². The van der Waals surface area contributed by atoms with Crippen molar-refractivity contribution in [2.75, 3.05) is 6.61 Å². The summed E-state index contributed by atoms with van der Waals surface area (Å²) in [6, 6.07) is 1.91. The minimum absolute atomic E-state index is 0.0223. The van der Waals surface area contributed by atoms with Crippen molar-refractivity contribution in [3.63, 3.8) is 0 Å². The Hall–Kier alpha value is -1.34. The number of rotatable bonds is 2. The van der Waals surface area contributed by atoms with Crippen molar-refractivity contribution in [2.45, 2.75) is 32.0 Å². The number of fused-ring (bicyclic) bond motifs is 1. The van der Waals surface area contributed by atoms with E-state index in [2.05, 4.69) is 0 Å². The maximum atomic E-state index is 11.4. The second kappa shape index (κ2) is 3.43. The molecule has 0 aromatic rings. The number of nitriles is 1. The first kappa shape index (κ1) is 9.22. The summed E-state index contributed by atoms with van der Waals surface area (Å²) in [5, 5.41) is 8.86. The van der Waals surface area contributed by atoms with Crippen LogP contribution >= 0.6 is 0 Å². The predicted molar refractivity (Wildman–Crippen MR) is 47.2 cm³/mol. The van der Waals surface area contributed by atoms with Gasteiger partial charge < -0.3 is 9.47 Å². The number of hydrogen-bond acceptors (Lipinski definition) is 4. The van der Waals surface area contributed by atoms with Gasteiger partial charge in [-0.15, -0.1) is 0 Å². The molecule has 2 unspecified atom stereocenters. The molecule has 0 bridgehead atoms. The molecule has 0 spiro atoms. The molecule has 0 aromatic heterocycles. The van der Waals surface area contributed by atoms with Gasteiger partial charge in [-0.25, -0.2) is 4.79 Å². The number of epoxide rings is 1. The summed E-state index contributed by atoms with van der Waals surface area (Å²) >= 11 is 0. The highest BCUT2D eigenvalue weighted by molar-refractivity contribution is 5.94. The molecular weight excluding hydrogens is 182 g/mol. The van der Waals surface area contributed by atoms with E-state index < -0.39 is 5.97 Å². The maximum Gasteiger partial charge on any atom is 0.348 e. The van der Waals surface area contributed by atoms with Gasteiger partial charge in [0.05, 0.1) is 12.7 Å². The van der Waals surface area contributed by atoms with Crippen LogP contribution in [-0.4, -0.2) is 24.8 Å². The zero-order chi connectivity index (χ0) is 10.1. The minimum atomic E-state index is -0.513. The highest BCUT2D eigenvalue weighted by Gasteiger charge is 2.48. The van der Waals surface area contributed by atoms with E-state index in [1.165, 1.54) is 0 Å². The summed E-state index contributed by atoms with van der Waals surface area (Å²) in [6.45, 7) is 2.02. The summed E-state index contributed by atoms with van der Waals surface area (Å²) in [5.74, 6) is -0.513. The lowest BCUT2D eigenvalue weighted by molar-refractivity contribution is -0.138. The lowest BCUT2D eigenvalue weighted by Gasteiger charge is -2.03. The third kappa shape index (κ3) is 1.40. The topological polar surface area (TPSA) is 62.6 Å². The van der Waals surface area contributed by atoms with Gasteiger partial charge in [-0.3, -0.25) is 0 Å². The van der Waals surface area contributed by atoms with Crippen LogP contribution in [0.1, 0.15) is 19.8 Å². The highest BCUT2D eigenvalue weighted by Crippen LogP contribution is 2.43. The molecule has 0 amide bonds. The van der Waals surface area contributed by atoms with Gasteiger partial charge in [0, 0.05) is 0 Å². The fourth-order valence-corrected chi connectivity index (χ4v) is 1.83. The van der Waals surface area contributed by atoms with Gasteiger partial charge in [0.15, 0.2) is 0 Å². The van der Waals surface area contributed by atoms with Gasteiger partial charge in [-0.2, -0.15) is 5.26 Å². The molecule has 1 saturated carbocycles.